The molecule has 2 rings (SSSR count). The van der Waals surface area contributed by atoms with E-state index < -0.39 is 0 Å². The zero-order chi connectivity index (χ0) is 8.60. The minimum atomic E-state index is -0.289. The molecule has 1 fully saturated rings. The Morgan fingerprint density at radius 3 is 2.75 bits per heavy atom. The Kier molecular flexibility index (Phi) is 1.59. The van der Waals surface area contributed by atoms with Gasteiger partial charge < -0.3 is 11.5 Å². The first-order valence-corrected chi connectivity index (χ1v) is 4.02. The highest BCUT2D eigenvalue weighted by Gasteiger charge is 2.41. The number of hydrogen-bond acceptors (Lipinski definition) is 4. The lowest BCUT2D eigenvalue weighted by molar-refractivity contribution is 0.205. The summed E-state index contributed by atoms with van der Waals surface area (Å²) in [6.45, 7) is 0. The van der Waals surface area contributed by atoms with Gasteiger partial charge >= 0.3 is 0 Å². The zero-order valence-electron chi connectivity index (χ0n) is 6.77. The summed E-state index contributed by atoms with van der Waals surface area (Å²) in [5.41, 5.74) is 12.3. The smallest absolute Gasteiger partial charge is 0.115 e. The molecule has 0 radical (unpaired) electrons. The molecule has 1 saturated carbocycles. The van der Waals surface area contributed by atoms with E-state index >= 15 is 0 Å². The molecular weight excluding hydrogens is 152 g/mol. The van der Waals surface area contributed by atoms with Gasteiger partial charge in [-0.15, -0.1) is 0 Å². The van der Waals surface area contributed by atoms with Crippen LogP contribution in [0.25, 0.3) is 0 Å². The summed E-state index contributed by atoms with van der Waals surface area (Å²) in [4.78, 5) is 7.95. The number of nitrogens with zero attached hydrogens (tertiary/aromatic N) is 2. The molecule has 4 nitrogen and oxygen atoms in total. The summed E-state index contributed by atoms with van der Waals surface area (Å²) >= 11 is 0. The normalized spacial score (nSPS) is 34.3. The second-order valence-electron chi connectivity index (χ2n) is 3.42. The van der Waals surface area contributed by atoms with E-state index in [1.807, 2.05) is 6.07 Å². The third-order valence-electron chi connectivity index (χ3n) is 2.34. The Labute approximate surface area is 71.0 Å². The largest absolute Gasteiger partial charge is 0.328 e. The highest BCUT2D eigenvalue weighted by Crippen LogP contribution is 2.36. The third-order valence-corrected chi connectivity index (χ3v) is 2.34. The molecule has 4 heteroatoms. The lowest BCUT2D eigenvalue weighted by Gasteiger charge is -2.42. The second kappa shape index (κ2) is 2.50. The molecule has 4 N–H and O–H groups in total. The molecule has 0 atom stereocenters. The first kappa shape index (κ1) is 7.64. The standard InChI is InChI=1S/C8H12N4/c9-6-3-8(10,4-6)7-1-2-11-5-12-7/h1-2,5-6H,3-4,9-10H2. The van der Waals surface area contributed by atoms with Crippen molar-refractivity contribution in [3.05, 3.63) is 24.3 Å². The molecular formula is C8H12N4. The molecule has 0 aromatic carbocycles. The quantitative estimate of drug-likeness (QED) is 0.600. The van der Waals surface area contributed by atoms with Crippen molar-refractivity contribution >= 4 is 0 Å². The fourth-order valence-electron chi connectivity index (χ4n) is 1.67. The van der Waals surface area contributed by atoms with Crippen molar-refractivity contribution < 1.29 is 0 Å². The summed E-state index contributed by atoms with van der Waals surface area (Å²) in [5.74, 6) is 0. The summed E-state index contributed by atoms with van der Waals surface area (Å²) in [6, 6.07) is 2.09. The molecule has 64 valence electrons. The van der Waals surface area contributed by atoms with E-state index in [1.54, 1.807) is 6.20 Å². The van der Waals surface area contributed by atoms with Crippen molar-refractivity contribution in [2.24, 2.45) is 11.5 Å². The molecule has 1 aromatic rings. The van der Waals surface area contributed by atoms with E-state index in [0.717, 1.165) is 18.5 Å². The Bertz CT molecular complexity index is 266. The molecule has 1 aliphatic rings. The summed E-state index contributed by atoms with van der Waals surface area (Å²) in [5, 5.41) is 0. The fourth-order valence-corrected chi connectivity index (χ4v) is 1.67. The van der Waals surface area contributed by atoms with Crippen LogP contribution >= 0.6 is 0 Å². The van der Waals surface area contributed by atoms with Crippen LogP contribution < -0.4 is 11.5 Å². The SMILES string of the molecule is NC1CC(N)(c2ccncn2)C1. The van der Waals surface area contributed by atoms with Crippen molar-refractivity contribution in [2.45, 2.75) is 24.4 Å². The molecule has 1 heterocycles. The maximum Gasteiger partial charge on any atom is 0.115 e. The molecule has 12 heavy (non-hydrogen) atoms. The van der Waals surface area contributed by atoms with E-state index in [0.29, 0.717) is 0 Å². The molecule has 0 unspecified atom stereocenters. The van der Waals surface area contributed by atoms with Gasteiger partial charge in [0.1, 0.15) is 6.33 Å². The molecule has 1 aliphatic carbocycles. The first-order chi connectivity index (χ1) is 5.71. The topological polar surface area (TPSA) is 77.8 Å². The first-order valence-electron chi connectivity index (χ1n) is 4.02. The van der Waals surface area contributed by atoms with Crippen LogP contribution in [0.1, 0.15) is 18.5 Å². The van der Waals surface area contributed by atoms with Gasteiger partial charge in [0.05, 0.1) is 11.2 Å². The van der Waals surface area contributed by atoms with Crippen LogP contribution in [-0.4, -0.2) is 16.0 Å². The van der Waals surface area contributed by atoms with Crippen LogP contribution in [0.3, 0.4) is 0 Å². The molecule has 0 saturated heterocycles. The highest BCUT2D eigenvalue weighted by molar-refractivity contribution is 5.18. The molecule has 0 aliphatic heterocycles. The zero-order valence-corrected chi connectivity index (χ0v) is 6.77. The van der Waals surface area contributed by atoms with Crippen molar-refractivity contribution in [2.75, 3.05) is 0 Å². The van der Waals surface area contributed by atoms with Crippen LogP contribution in [0.2, 0.25) is 0 Å². The van der Waals surface area contributed by atoms with Crippen LogP contribution in [0, 0.1) is 0 Å². The predicted octanol–water partition coefficient (Wildman–Crippen LogP) is -0.248. The number of rotatable bonds is 1. The van der Waals surface area contributed by atoms with Crippen LogP contribution in [0.5, 0.6) is 0 Å². The van der Waals surface area contributed by atoms with Gasteiger partial charge in [-0.05, 0) is 18.9 Å². The molecule has 1 aromatic heterocycles. The van der Waals surface area contributed by atoms with Crippen molar-refractivity contribution in [3.63, 3.8) is 0 Å². The number of aromatic nitrogens is 2. The van der Waals surface area contributed by atoms with E-state index in [4.69, 9.17) is 11.5 Å². The minimum Gasteiger partial charge on any atom is -0.328 e. The average molecular weight is 164 g/mol. The van der Waals surface area contributed by atoms with Gasteiger partial charge in [0.15, 0.2) is 0 Å². The Morgan fingerprint density at radius 2 is 2.25 bits per heavy atom. The number of hydrogen-bond donors (Lipinski definition) is 2. The molecule has 0 bridgehead atoms. The second-order valence-corrected chi connectivity index (χ2v) is 3.42. The number of nitrogens with two attached hydrogens (primary N) is 2. The van der Waals surface area contributed by atoms with Crippen molar-refractivity contribution in [1.29, 1.82) is 0 Å². The van der Waals surface area contributed by atoms with Gasteiger partial charge in [0.2, 0.25) is 0 Å². The predicted molar refractivity (Wildman–Crippen MR) is 45.1 cm³/mol. The highest BCUT2D eigenvalue weighted by atomic mass is 14.9. The van der Waals surface area contributed by atoms with Gasteiger partial charge in [-0.25, -0.2) is 9.97 Å². The maximum atomic E-state index is 6.04. The van der Waals surface area contributed by atoms with Crippen molar-refractivity contribution in [3.8, 4) is 0 Å². The van der Waals surface area contributed by atoms with Gasteiger partial charge in [-0.3, -0.25) is 0 Å². The van der Waals surface area contributed by atoms with E-state index in [1.165, 1.54) is 6.33 Å². The van der Waals surface area contributed by atoms with E-state index in [2.05, 4.69) is 9.97 Å². The third kappa shape index (κ3) is 1.09. The molecule has 0 spiro atoms. The minimum absolute atomic E-state index is 0.241. The average Bonchev–Trinajstić information content (AvgIpc) is 2.04. The maximum absolute atomic E-state index is 6.04. The Morgan fingerprint density at radius 1 is 1.50 bits per heavy atom. The fraction of sp³-hybridized carbons (Fsp3) is 0.500. The Hall–Kier alpha value is -1.00. The van der Waals surface area contributed by atoms with Crippen molar-refractivity contribution in [1.82, 2.24) is 9.97 Å². The van der Waals surface area contributed by atoms with Crippen LogP contribution in [0.4, 0.5) is 0 Å². The van der Waals surface area contributed by atoms with E-state index in [-0.39, 0.29) is 11.6 Å². The summed E-state index contributed by atoms with van der Waals surface area (Å²) < 4.78 is 0. The van der Waals surface area contributed by atoms with Crippen LogP contribution in [0.15, 0.2) is 18.6 Å². The molecule has 0 amide bonds. The lowest BCUT2D eigenvalue weighted by atomic mass is 9.72. The lowest BCUT2D eigenvalue weighted by Crippen LogP contribution is -2.55. The summed E-state index contributed by atoms with van der Waals surface area (Å²) in [7, 11) is 0. The van der Waals surface area contributed by atoms with Gasteiger partial charge in [0.25, 0.3) is 0 Å². The van der Waals surface area contributed by atoms with Crippen LogP contribution in [-0.2, 0) is 5.54 Å². The van der Waals surface area contributed by atoms with Gasteiger partial charge in [-0.1, -0.05) is 0 Å². The van der Waals surface area contributed by atoms with Gasteiger partial charge in [0, 0.05) is 12.2 Å². The van der Waals surface area contributed by atoms with Gasteiger partial charge in [-0.2, -0.15) is 0 Å². The monoisotopic (exact) mass is 164 g/mol. The summed E-state index contributed by atoms with van der Waals surface area (Å²) in [6.07, 6.45) is 4.88. The van der Waals surface area contributed by atoms with E-state index in [9.17, 15) is 0 Å². The Balaban J connectivity index is 2.21.